The molecule has 4 bridgehead atoms. The molecule has 4 fully saturated rings. The fraction of sp³-hybridized carbons (Fsp3) is 0.833. The molecule has 0 aromatic carbocycles. The molecule has 4 aliphatic carbocycles. The summed E-state index contributed by atoms with van der Waals surface area (Å²) >= 11 is 0. The first kappa shape index (κ1) is 15.2. The van der Waals surface area contributed by atoms with E-state index in [1.165, 1.54) is 19.3 Å². The molecule has 1 amide bonds. The molecule has 1 aromatic rings. The van der Waals surface area contributed by atoms with Crippen LogP contribution in [0.4, 0.5) is 0 Å². The van der Waals surface area contributed by atoms with Crippen LogP contribution in [0.5, 0.6) is 0 Å². The molecule has 5 nitrogen and oxygen atoms in total. The highest BCUT2D eigenvalue weighted by molar-refractivity contribution is 5.83. The quantitative estimate of drug-likeness (QED) is 0.908. The Bertz CT molecular complexity index is 530. The average molecular weight is 316 g/mol. The highest BCUT2D eigenvalue weighted by Crippen LogP contribution is 2.60. The number of carbonyl (C=O) groups is 1. The van der Waals surface area contributed by atoms with Crippen LogP contribution in [0.1, 0.15) is 52.4 Å². The number of carbonyl (C=O) groups excluding carboxylic acids is 1. The standard InChI is InChI=1S/C18H28N4O/c1-12(2)16(11-22-19-3-4-20-22)21-17(23)18-8-13-5-14(9-18)7-15(6-13)10-18/h3-4,12-16H,5-11H2,1-2H3,(H,21,23)/t13?,14?,15?,16-,18?/m0/s1. The van der Waals surface area contributed by atoms with Gasteiger partial charge in [-0.1, -0.05) is 13.8 Å². The molecule has 0 radical (unpaired) electrons. The van der Waals surface area contributed by atoms with Gasteiger partial charge in [-0.05, 0) is 62.2 Å². The second-order valence-corrected chi connectivity index (χ2v) is 8.61. The van der Waals surface area contributed by atoms with Crippen LogP contribution in [0.2, 0.25) is 0 Å². The lowest BCUT2D eigenvalue weighted by atomic mass is 9.49. The van der Waals surface area contributed by atoms with E-state index < -0.39 is 0 Å². The Morgan fingerprint density at radius 1 is 1.13 bits per heavy atom. The number of hydrogen-bond donors (Lipinski definition) is 1. The van der Waals surface area contributed by atoms with Gasteiger partial charge in [-0.15, -0.1) is 0 Å². The summed E-state index contributed by atoms with van der Waals surface area (Å²) in [6, 6.07) is 0.0999. The summed E-state index contributed by atoms with van der Waals surface area (Å²) in [5, 5.41) is 11.8. The second-order valence-electron chi connectivity index (χ2n) is 8.61. The van der Waals surface area contributed by atoms with Gasteiger partial charge in [-0.3, -0.25) is 4.79 Å². The van der Waals surface area contributed by atoms with E-state index in [-0.39, 0.29) is 11.5 Å². The van der Waals surface area contributed by atoms with Crippen molar-refractivity contribution in [1.82, 2.24) is 20.3 Å². The van der Waals surface area contributed by atoms with Crippen molar-refractivity contribution in [3.63, 3.8) is 0 Å². The number of hydrogen-bond acceptors (Lipinski definition) is 3. The van der Waals surface area contributed by atoms with Crippen molar-refractivity contribution in [1.29, 1.82) is 0 Å². The van der Waals surface area contributed by atoms with Crippen molar-refractivity contribution < 1.29 is 4.79 Å². The lowest BCUT2D eigenvalue weighted by Crippen LogP contribution is -2.56. The maximum Gasteiger partial charge on any atom is 0.226 e. The molecule has 1 N–H and O–H groups in total. The summed E-state index contributed by atoms with van der Waals surface area (Å²) in [4.78, 5) is 14.9. The Hall–Kier alpha value is -1.39. The van der Waals surface area contributed by atoms with Gasteiger partial charge in [-0.2, -0.15) is 15.0 Å². The van der Waals surface area contributed by atoms with Gasteiger partial charge in [0.2, 0.25) is 5.91 Å². The maximum absolute atomic E-state index is 13.2. The predicted molar refractivity (Wildman–Crippen MR) is 87.4 cm³/mol. The molecule has 4 saturated carbocycles. The topological polar surface area (TPSA) is 59.8 Å². The number of amides is 1. The minimum Gasteiger partial charge on any atom is -0.351 e. The summed E-state index contributed by atoms with van der Waals surface area (Å²) in [6.07, 6.45) is 10.9. The van der Waals surface area contributed by atoms with Crippen LogP contribution in [0.15, 0.2) is 12.4 Å². The van der Waals surface area contributed by atoms with Crippen molar-refractivity contribution in [3.05, 3.63) is 12.4 Å². The van der Waals surface area contributed by atoms with Gasteiger partial charge in [-0.25, -0.2) is 0 Å². The van der Waals surface area contributed by atoms with Crippen LogP contribution >= 0.6 is 0 Å². The average Bonchev–Trinajstić information content (AvgIpc) is 2.98. The van der Waals surface area contributed by atoms with Gasteiger partial charge in [0.1, 0.15) is 0 Å². The van der Waals surface area contributed by atoms with Crippen LogP contribution in [-0.4, -0.2) is 26.9 Å². The Labute approximate surface area is 138 Å². The largest absolute Gasteiger partial charge is 0.351 e. The zero-order chi connectivity index (χ0) is 16.0. The van der Waals surface area contributed by atoms with Gasteiger partial charge < -0.3 is 5.32 Å². The third-order valence-corrected chi connectivity index (χ3v) is 6.47. The zero-order valence-electron chi connectivity index (χ0n) is 14.2. The molecule has 126 valence electrons. The lowest BCUT2D eigenvalue weighted by molar-refractivity contribution is -0.147. The van der Waals surface area contributed by atoms with E-state index in [2.05, 4.69) is 29.4 Å². The molecule has 5 rings (SSSR count). The van der Waals surface area contributed by atoms with Gasteiger partial charge >= 0.3 is 0 Å². The van der Waals surface area contributed by atoms with Gasteiger partial charge in [0.15, 0.2) is 0 Å². The van der Waals surface area contributed by atoms with Crippen LogP contribution in [0, 0.1) is 29.1 Å². The minimum absolute atomic E-state index is 0.0700. The smallest absolute Gasteiger partial charge is 0.226 e. The van der Waals surface area contributed by atoms with E-state index in [1.807, 2.05) is 0 Å². The highest BCUT2D eigenvalue weighted by Gasteiger charge is 2.54. The maximum atomic E-state index is 13.2. The Kier molecular flexibility index (Phi) is 3.69. The van der Waals surface area contributed by atoms with Crippen molar-refractivity contribution >= 4 is 5.91 Å². The third-order valence-electron chi connectivity index (χ3n) is 6.47. The number of nitrogens with one attached hydrogen (secondary N) is 1. The monoisotopic (exact) mass is 316 g/mol. The summed E-state index contributed by atoms with van der Waals surface area (Å²) in [6.45, 7) is 4.98. The van der Waals surface area contributed by atoms with Gasteiger partial charge in [0, 0.05) is 5.41 Å². The van der Waals surface area contributed by atoms with E-state index in [0.717, 1.165) is 37.0 Å². The van der Waals surface area contributed by atoms with E-state index in [1.54, 1.807) is 17.2 Å². The summed E-state index contributed by atoms with van der Waals surface area (Å²) in [5.41, 5.74) is -0.0700. The minimum atomic E-state index is -0.0700. The highest BCUT2D eigenvalue weighted by atomic mass is 16.2. The van der Waals surface area contributed by atoms with Crippen molar-refractivity contribution in [2.45, 2.75) is 65.0 Å². The van der Waals surface area contributed by atoms with Crippen LogP contribution in [0.25, 0.3) is 0 Å². The first-order valence-corrected chi connectivity index (χ1v) is 9.19. The zero-order valence-corrected chi connectivity index (χ0v) is 14.2. The van der Waals surface area contributed by atoms with Crippen molar-refractivity contribution in [2.24, 2.45) is 29.1 Å². The van der Waals surface area contributed by atoms with E-state index in [9.17, 15) is 4.79 Å². The van der Waals surface area contributed by atoms with E-state index in [0.29, 0.717) is 18.4 Å². The normalized spacial score (nSPS) is 36.4. The molecule has 0 unspecified atom stereocenters. The SMILES string of the molecule is CC(C)[C@H](Cn1nccn1)NC(=O)C12CC3CC(CC(C3)C1)C2. The molecule has 0 aliphatic heterocycles. The summed E-state index contributed by atoms with van der Waals surface area (Å²) < 4.78 is 0. The summed E-state index contributed by atoms with van der Waals surface area (Å²) in [7, 11) is 0. The number of rotatable bonds is 5. The van der Waals surface area contributed by atoms with Gasteiger partial charge in [0.25, 0.3) is 0 Å². The lowest BCUT2D eigenvalue weighted by Gasteiger charge is -2.56. The van der Waals surface area contributed by atoms with Gasteiger partial charge in [0.05, 0.1) is 25.0 Å². The van der Waals surface area contributed by atoms with E-state index in [4.69, 9.17) is 0 Å². The number of nitrogens with zero attached hydrogens (tertiary/aromatic N) is 3. The molecule has 1 atom stereocenters. The molecule has 1 heterocycles. The van der Waals surface area contributed by atoms with Crippen molar-refractivity contribution in [3.8, 4) is 0 Å². The molecule has 0 spiro atoms. The van der Waals surface area contributed by atoms with Crippen molar-refractivity contribution in [2.75, 3.05) is 0 Å². The number of aromatic nitrogens is 3. The Morgan fingerprint density at radius 2 is 1.65 bits per heavy atom. The Balaban J connectivity index is 1.47. The molecule has 23 heavy (non-hydrogen) atoms. The fourth-order valence-electron chi connectivity index (χ4n) is 5.65. The van der Waals surface area contributed by atoms with Crippen LogP contribution < -0.4 is 5.32 Å². The molecule has 5 heteroatoms. The van der Waals surface area contributed by atoms with E-state index >= 15 is 0 Å². The Morgan fingerprint density at radius 3 is 2.13 bits per heavy atom. The van der Waals surface area contributed by atoms with Crippen LogP contribution in [0.3, 0.4) is 0 Å². The fourth-order valence-corrected chi connectivity index (χ4v) is 5.65. The second kappa shape index (κ2) is 5.60. The van der Waals surface area contributed by atoms with Crippen LogP contribution in [-0.2, 0) is 11.3 Å². The molecule has 0 saturated heterocycles. The molecular formula is C18H28N4O. The predicted octanol–water partition coefficient (Wildman–Crippen LogP) is 2.64. The summed E-state index contributed by atoms with van der Waals surface area (Å²) in [5.74, 6) is 3.09. The first-order chi connectivity index (χ1) is 11.0. The third kappa shape index (κ3) is 2.79. The molecular weight excluding hydrogens is 288 g/mol. The molecule has 1 aromatic heterocycles. The molecule has 4 aliphatic rings. The first-order valence-electron chi connectivity index (χ1n) is 9.19.